The van der Waals surface area contributed by atoms with Crippen molar-refractivity contribution in [3.63, 3.8) is 0 Å². The van der Waals surface area contributed by atoms with E-state index in [0.717, 1.165) is 5.69 Å². The maximum atomic E-state index is 10.8. The molecule has 2 aromatic rings. The van der Waals surface area contributed by atoms with Crippen LogP contribution in [0.1, 0.15) is 5.69 Å². The van der Waals surface area contributed by atoms with Crippen LogP contribution >= 0.6 is 0 Å². The first-order valence-corrected chi connectivity index (χ1v) is 5.44. The molecular formula is C11H13N5O3. The maximum absolute atomic E-state index is 10.8. The third-order valence-corrected chi connectivity index (χ3v) is 2.45. The zero-order valence-electron chi connectivity index (χ0n) is 10.5. The normalized spacial score (nSPS) is 10.3. The second kappa shape index (κ2) is 4.94. The second-order valence-electron chi connectivity index (χ2n) is 3.97. The summed E-state index contributed by atoms with van der Waals surface area (Å²) < 4.78 is 7.11. The number of benzene rings is 1. The minimum Gasteiger partial charge on any atom is -0.439 e. The largest absolute Gasteiger partial charge is 0.439 e. The SMILES string of the molecule is Cc1cc(Oc2cc(NN)cc([N+](=O)[O-])c2)n(C)n1. The van der Waals surface area contributed by atoms with Crippen LogP contribution in [-0.2, 0) is 7.05 Å². The molecule has 0 saturated heterocycles. The average Bonchev–Trinajstić information content (AvgIpc) is 2.67. The molecule has 1 aromatic carbocycles. The van der Waals surface area contributed by atoms with Gasteiger partial charge in [-0.05, 0) is 6.92 Å². The van der Waals surface area contributed by atoms with Gasteiger partial charge in [0, 0.05) is 25.2 Å². The van der Waals surface area contributed by atoms with E-state index < -0.39 is 4.92 Å². The number of nitrogens with one attached hydrogen (secondary N) is 1. The number of aromatic nitrogens is 2. The van der Waals surface area contributed by atoms with Crippen LogP contribution < -0.4 is 16.0 Å². The molecule has 0 aliphatic carbocycles. The van der Waals surface area contributed by atoms with Crippen LogP contribution in [0.2, 0.25) is 0 Å². The molecule has 0 spiro atoms. The maximum Gasteiger partial charge on any atom is 0.275 e. The Bertz CT molecular complexity index is 623. The number of nitro groups is 1. The molecule has 0 saturated carbocycles. The molecule has 3 N–H and O–H groups in total. The highest BCUT2D eigenvalue weighted by Gasteiger charge is 2.12. The van der Waals surface area contributed by atoms with Crippen LogP contribution in [0.5, 0.6) is 11.6 Å². The molecule has 8 heteroatoms. The van der Waals surface area contributed by atoms with Crippen molar-refractivity contribution in [2.75, 3.05) is 5.43 Å². The van der Waals surface area contributed by atoms with Crippen LogP contribution in [0.15, 0.2) is 24.3 Å². The third-order valence-electron chi connectivity index (χ3n) is 2.45. The lowest BCUT2D eigenvalue weighted by molar-refractivity contribution is -0.384. The van der Waals surface area contributed by atoms with E-state index in [9.17, 15) is 10.1 Å². The smallest absolute Gasteiger partial charge is 0.275 e. The van der Waals surface area contributed by atoms with Gasteiger partial charge in [0.15, 0.2) is 0 Å². The average molecular weight is 263 g/mol. The van der Waals surface area contributed by atoms with Crippen molar-refractivity contribution >= 4 is 11.4 Å². The molecule has 19 heavy (non-hydrogen) atoms. The number of non-ortho nitro benzene ring substituents is 1. The molecular weight excluding hydrogens is 250 g/mol. The van der Waals surface area contributed by atoms with Gasteiger partial charge in [-0.15, -0.1) is 0 Å². The molecule has 1 aromatic heterocycles. The van der Waals surface area contributed by atoms with Crippen molar-refractivity contribution in [3.8, 4) is 11.6 Å². The van der Waals surface area contributed by atoms with Crippen molar-refractivity contribution in [1.82, 2.24) is 9.78 Å². The van der Waals surface area contributed by atoms with Gasteiger partial charge in [0.25, 0.3) is 5.69 Å². The predicted molar refractivity (Wildman–Crippen MR) is 68.9 cm³/mol. The highest BCUT2D eigenvalue weighted by molar-refractivity contribution is 5.56. The Morgan fingerprint density at radius 1 is 1.42 bits per heavy atom. The van der Waals surface area contributed by atoms with E-state index in [0.29, 0.717) is 17.3 Å². The van der Waals surface area contributed by atoms with Gasteiger partial charge >= 0.3 is 0 Å². The minimum atomic E-state index is -0.512. The summed E-state index contributed by atoms with van der Waals surface area (Å²) in [5.74, 6) is 6.07. The topological polar surface area (TPSA) is 108 Å². The number of hydrogen-bond donors (Lipinski definition) is 2. The zero-order valence-corrected chi connectivity index (χ0v) is 10.5. The van der Waals surface area contributed by atoms with Crippen LogP contribution in [0.4, 0.5) is 11.4 Å². The number of hydrogen-bond acceptors (Lipinski definition) is 6. The minimum absolute atomic E-state index is 0.107. The summed E-state index contributed by atoms with van der Waals surface area (Å²) in [4.78, 5) is 10.3. The van der Waals surface area contributed by atoms with Crippen molar-refractivity contribution in [3.05, 3.63) is 40.1 Å². The van der Waals surface area contributed by atoms with Crippen molar-refractivity contribution in [1.29, 1.82) is 0 Å². The fourth-order valence-electron chi connectivity index (χ4n) is 1.63. The van der Waals surface area contributed by atoms with Crippen LogP contribution in [0, 0.1) is 17.0 Å². The van der Waals surface area contributed by atoms with Crippen molar-refractivity contribution in [2.45, 2.75) is 6.92 Å². The van der Waals surface area contributed by atoms with E-state index in [4.69, 9.17) is 10.6 Å². The number of hydrazine groups is 1. The summed E-state index contributed by atoms with van der Waals surface area (Å²) >= 11 is 0. The van der Waals surface area contributed by atoms with E-state index in [1.165, 1.54) is 12.1 Å². The number of nitro benzene ring substituents is 1. The highest BCUT2D eigenvalue weighted by Crippen LogP contribution is 2.29. The van der Waals surface area contributed by atoms with Crippen molar-refractivity contribution < 1.29 is 9.66 Å². The molecule has 8 nitrogen and oxygen atoms in total. The second-order valence-corrected chi connectivity index (χ2v) is 3.97. The van der Waals surface area contributed by atoms with E-state index in [2.05, 4.69) is 10.5 Å². The van der Waals surface area contributed by atoms with Gasteiger partial charge in [-0.25, -0.2) is 4.68 Å². The molecule has 2 rings (SSSR count). The summed E-state index contributed by atoms with van der Waals surface area (Å²) in [7, 11) is 1.72. The van der Waals surface area contributed by atoms with Gasteiger partial charge in [0.05, 0.1) is 22.4 Å². The number of anilines is 1. The fourth-order valence-corrected chi connectivity index (χ4v) is 1.63. The van der Waals surface area contributed by atoms with Gasteiger partial charge in [0.2, 0.25) is 5.88 Å². The first kappa shape index (κ1) is 12.8. The number of nitrogen functional groups attached to an aromatic ring is 1. The lowest BCUT2D eigenvalue weighted by Gasteiger charge is -2.07. The Morgan fingerprint density at radius 3 is 2.68 bits per heavy atom. The molecule has 0 aliphatic heterocycles. The first-order valence-electron chi connectivity index (χ1n) is 5.44. The number of nitrogens with two attached hydrogens (primary N) is 1. The van der Waals surface area contributed by atoms with Crippen molar-refractivity contribution in [2.24, 2.45) is 12.9 Å². The molecule has 0 bridgehead atoms. The zero-order chi connectivity index (χ0) is 14.0. The van der Waals surface area contributed by atoms with E-state index >= 15 is 0 Å². The molecule has 0 atom stereocenters. The van der Waals surface area contributed by atoms with Gasteiger partial charge < -0.3 is 10.2 Å². The highest BCUT2D eigenvalue weighted by atomic mass is 16.6. The summed E-state index contributed by atoms with van der Waals surface area (Å²) in [6.45, 7) is 1.83. The Kier molecular flexibility index (Phi) is 3.34. The molecule has 0 unspecified atom stereocenters. The summed E-state index contributed by atoms with van der Waals surface area (Å²) in [5, 5.41) is 14.9. The fraction of sp³-hybridized carbons (Fsp3) is 0.182. The monoisotopic (exact) mass is 263 g/mol. The Hall–Kier alpha value is -2.61. The first-order chi connectivity index (χ1) is 8.99. The van der Waals surface area contributed by atoms with Gasteiger partial charge in [-0.2, -0.15) is 5.10 Å². The molecule has 100 valence electrons. The van der Waals surface area contributed by atoms with Crippen LogP contribution in [-0.4, -0.2) is 14.7 Å². The number of ether oxygens (including phenoxy) is 1. The molecule has 1 heterocycles. The molecule has 0 aliphatic rings. The quantitative estimate of drug-likeness (QED) is 0.494. The number of nitrogens with zero attached hydrogens (tertiary/aromatic N) is 3. The lowest BCUT2D eigenvalue weighted by atomic mass is 10.2. The number of rotatable bonds is 4. The van der Waals surface area contributed by atoms with E-state index in [1.54, 1.807) is 23.9 Å². The number of aryl methyl sites for hydroxylation is 2. The van der Waals surface area contributed by atoms with Gasteiger partial charge in [-0.3, -0.25) is 16.0 Å². The predicted octanol–water partition coefficient (Wildman–Crippen LogP) is 1.71. The van der Waals surface area contributed by atoms with Gasteiger partial charge in [0.1, 0.15) is 5.75 Å². The molecule has 0 amide bonds. The summed E-state index contributed by atoms with van der Waals surface area (Å²) in [6, 6.07) is 5.94. The molecule has 0 radical (unpaired) electrons. The molecule has 0 fully saturated rings. The Labute approximate surface area is 108 Å². The Morgan fingerprint density at radius 2 is 2.16 bits per heavy atom. The van der Waals surface area contributed by atoms with E-state index in [-0.39, 0.29) is 5.69 Å². The summed E-state index contributed by atoms with van der Waals surface area (Å²) in [5.41, 5.74) is 3.44. The van der Waals surface area contributed by atoms with Gasteiger partial charge in [-0.1, -0.05) is 0 Å². The van der Waals surface area contributed by atoms with E-state index in [1.807, 2.05) is 6.92 Å². The summed E-state index contributed by atoms with van der Waals surface area (Å²) in [6.07, 6.45) is 0. The Balaban J connectivity index is 2.36. The lowest BCUT2D eigenvalue weighted by Crippen LogP contribution is -2.07. The third kappa shape index (κ3) is 2.80. The standard InChI is InChI=1S/C11H13N5O3/c1-7-3-11(15(2)14-7)19-10-5-8(13-12)4-9(6-10)16(17)18/h3-6,13H,12H2,1-2H3. The van der Waals surface area contributed by atoms with Crippen LogP contribution in [0.25, 0.3) is 0 Å². The van der Waals surface area contributed by atoms with Crippen LogP contribution in [0.3, 0.4) is 0 Å².